The molecular formula is C21H26N2O3. The molecule has 1 heterocycles. The van der Waals surface area contributed by atoms with Crippen LogP contribution >= 0.6 is 0 Å². The molecule has 0 bridgehead atoms. The molecule has 1 aromatic carbocycles. The second kappa shape index (κ2) is 10.3. The number of carbonyl (C=O) groups is 2. The van der Waals surface area contributed by atoms with E-state index in [1.54, 1.807) is 30.5 Å². The highest BCUT2D eigenvalue weighted by Crippen LogP contribution is 2.15. The minimum atomic E-state index is -0.212. The zero-order chi connectivity index (χ0) is 18.8. The number of Topliss-reactive ketones (excluding diaryl/α,β-unsaturated/α-hetero) is 1. The van der Waals surface area contributed by atoms with Crippen LogP contribution in [0.3, 0.4) is 0 Å². The molecule has 0 aliphatic heterocycles. The maximum atomic E-state index is 12.2. The Kier molecular flexibility index (Phi) is 7.80. The van der Waals surface area contributed by atoms with Gasteiger partial charge in [0.05, 0.1) is 6.61 Å². The SMILES string of the molecule is CCCCCOc1ccc(C(=O)CCC(=O)Nc2ncccc2C)cc1. The Hall–Kier alpha value is -2.69. The molecule has 0 aliphatic carbocycles. The van der Waals surface area contributed by atoms with Gasteiger partial charge in [-0.15, -0.1) is 0 Å². The van der Waals surface area contributed by atoms with Crippen molar-refractivity contribution in [2.75, 3.05) is 11.9 Å². The normalized spacial score (nSPS) is 10.4. The molecule has 1 N–H and O–H groups in total. The number of nitrogens with zero attached hydrogens (tertiary/aromatic N) is 1. The van der Waals surface area contributed by atoms with Crippen LogP contribution in [0.5, 0.6) is 5.75 Å². The smallest absolute Gasteiger partial charge is 0.225 e. The third kappa shape index (κ3) is 6.31. The molecule has 5 heteroatoms. The average Bonchev–Trinajstić information content (AvgIpc) is 2.66. The first kappa shape index (κ1) is 19.6. The minimum Gasteiger partial charge on any atom is -0.494 e. The highest BCUT2D eigenvalue weighted by molar-refractivity contribution is 6.00. The van der Waals surface area contributed by atoms with Crippen LogP contribution in [-0.4, -0.2) is 23.3 Å². The third-order valence-corrected chi connectivity index (χ3v) is 4.04. The lowest BCUT2D eigenvalue weighted by Crippen LogP contribution is -2.15. The quantitative estimate of drug-likeness (QED) is 0.502. The summed E-state index contributed by atoms with van der Waals surface area (Å²) in [5.41, 5.74) is 1.48. The number of hydrogen-bond donors (Lipinski definition) is 1. The zero-order valence-electron chi connectivity index (χ0n) is 15.5. The number of anilines is 1. The van der Waals surface area contributed by atoms with Gasteiger partial charge in [0.2, 0.25) is 5.91 Å². The van der Waals surface area contributed by atoms with Gasteiger partial charge >= 0.3 is 0 Å². The minimum absolute atomic E-state index is 0.0598. The highest BCUT2D eigenvalue weighted by atomic mass is 16.5. The van der Waals surface area contributed by atoms with Crippen LogP contribution in [-0.2, 0) is 4.79 Å². The molecular weight excluding hydrogens is 328 g/mol. The molecule has 5 nitrogen and oxygen atoms in total. The number of hydrogen-bond acceptors (Lipinski definition) is 4. The number of ketones is 1. The van der Waals surface area contributed by atoms with E-state index in [2.05, 4.69) is 17.2 Å². The summed E-state index contributed by atoms with van der Waals surface area (Å²) in [7, 11) is 0. The van der Waals surface area contributed by atoms with Gasteiger partial charge in [0, 0.05) is 24.6 Å². The predicted octanol–water partition coefficient (Wildman–Crippen LogP) is 4.56. The van der Waals surface area contributed by atoms with Gasteiger partial charge < -0.3 is 10.1 Å². The van der Waals surface area contributed by atoms with Gasteiger partial charge in [0.25, 0.3) is 0 Å². The van der Waals surface area contributed by atoms with Gasteiger partial charge in [0.15, 0.2) is 5.78 Å². The Bertz CT molecular complexity index is 726. The topological polar surface area (TPSA) is 68.3 Å². The van der Waals surface area contributed by atoms with E-state index in [9.17, 15) is 9.59 Å². The Morgan fingerprint density at radius 2 is 1.85 bits per heavy atom. The molecule has 2 aromatic rings. The van der Waals surface area contributed by atoms with Crippen LogP contribution in [0.15, 0.2) is 42.6 Å². The number of aryl methyl sites for hydroxylation is 1. The van der Waals surface area contributed by atoms with E-state index in [1.807, 2.05) is 19.1 Å². The summed E-state index contributed by atoms with van der Waals surface area (Å²) in [6, 6.07) is 10.8. The average molecular weight is 354 g/mol. The molecule has 1 amide bonds. The summed E-state index contributed by atoms with van der Waals surface area (Å²) in [5.74, 6) is 1.03. The molecule has 0 aliphatic rings. The van der Waals surface area contributed by atoms with Crippen molar-refractivity contribution in [2.45, 2.75) is 46.0 Å². The molecule has 26 heavy (non-hydrogen) atoms. The lowest BCUT2D eigenvalue weighted by molar-refractivity contribution is -0.116. The second-order valence-corrected chi connectivity index (χ2v) is 6.22. The summed E-state index contributed by atoms with van der Waals surface area (Å²) >= 11 is 0. The van der Waals surface area contributed by atoms with Crippen LogP contribution in [0.4, 0.5) is 5.82 Å². The maximum absolute atomic E-state index is 12.2. The maximum Gasteiger partial charge on any atom is 0.225 e. The molecule has 0 unspecified atom stereocenters. The lowest BCUT2D eigenvalue weighted by atomic mass is 10.1. The van der Waals surface area contributed by atoms with Crippen molar-refractivity contribution in [1.82, 2.24) is 4.98 Å². The van der Waals surface area contributed by atoms with E-state index < -0.39 is 0 Å². The largest absolute Gasteiger partial charge is 0.494 e. The Morgan fingerprint density at radius 3 is 2.54 bits per heavy atom. The first-order valence-corrected chi connectivity index (χ1v) is 9.07. The van der Waals surface area contributed by atoms with Crippen LogP contribution < -0.4 is 10.1 Å². The summed E-state index contributed by atoms with van der Waals surface area (Å²) in [6.45, 7) is 4.71. The first-order chi connectivity index (χ1) is 12.6. The molecule has 0 spiro atoms. The number of unbranched alkanes of at least 4 members (excludes halogenated alkanes) is 2. The summed E-state index contributed by atoms with van der Waals surface area (Å²) in [5, 5.41) is 2.74. The van der Waals surface area contributed by atoms with Crippen molar-refractivity contribution in [3.8, 4) is 5.75 Å². The van der Waals surface area contributed by atoms with Crippen molar-refractivity contribution < 1.29 is 14.3 Å². The van der Waals surface area contributed by atoms with Gasteiger partial charge in [-0.25, -0.2) is 4.98 Å². The van der Waals surface area contributed by atoms with Crippen LogP contribution in [0.1, 0.15) is 54.9 Å². The number of pyridine rings is 1. The Morgan fingerprint density at radius 1 is 1.08 bits per heavy atom. The molecule has 0 saturated heterocycles. The fourth-order valence-electron chi connectivity index (χ4n) is 2.46. The second-order valence-electron chi connectivity index (χ2n) is 6.22. The van der Waals surface area contributed by atoms with Gasteiger partial charge in [-0.2, -0.15) is 0 Å². The number of aromatic nitrogens is 1. The van der Waals surface area contributed by atoms with Crippen LogP contribution in [0.2, 0.25) is 0 Å². The van der Waals surface area contributed by atoms with Crippen molar-refractivity contribution >= 4 is 17.5 Å². The first-order valence-electron chi connectivity index (χ1n) is 9.07. The molecule has 0 atom stereocenters. The standard InChI is InChI=1S/C21H26N2O3/c1-3-4-5-15-26-18-10-8-17(9-11-18)19(24)12-13-20(25)23-21-16(2)7-6-14-22-21/h6-11,14H,3-5,12-13,15H2,1-2H3,(H,22,23,25). The fourth-order valence-corrected chi connectivity index (χ4v) is 2.46. The van der Waals surface area contributed by atoms with Crippen molar-refractivity contribution in [2.24, 2.45) is 0 Å². The number of ether oxygens (including phenoxy) is 1. The van der Waals surface area contributed by atoms with E-state index in [0.29, 0.717) is 18.0 Å². The van der Waals surface area contributed by atoms with Crippen LogP contribution in [0.25, 0.3) is 0 Å². The zero-order valence-corrected chi connectivity index (χ0v) is 15.5. The summed E-state index contributed by atoms with van der Waals surface area (Å²) in [4.78, 5) is 28.4. The van der Waals surface area contributed by atoms with Gasteiger partial charge in [-0.05, 0) is 49.2 Å². The van der Waals surface area contributed by atoms with Gasteiger partial charge in [0.1, 0.15) is 11.6 Å². The summed E-state index contributed by atoms with van der Waals surface area (Å²) in [6.07, 6.45) is 5.25. The lowest BCUT2D eigenvalue weighted by Gasteiger charge is -2.08. The monoisotopic (exact) mass is 354 g/mol. The third-order valence-electron chi connectivity index (χ3n) is 4.04. The van der Waals surface area contributed by atoms with E-state index in [0.717, 1.165) is 30.6 Å². The van der Waals surface area contributed by atoms with Crippen molar-refractivity contribution in [3.63, 3.8) is 0 Å². The highest BCUT2D eigenvalue weighted by Gasteiger charge is 2.11. The molecule has 138 valence electrons. The number of amides is 1. The number of carbonyl (C=O) groups excluding carboxylic acids is 2. The predicted molar refractivity (Wildman–Crippen MR) is 103 cm³/mol. The number of benzene rings is 1. The van der Waals surface area contributed by atoms with E-state index >= 15 is 0 Å². The molecule has 0 radical (unpaired) electrons. The molecule has 1 aromatic heterocycles. The Balaban J connectivity index is 1.78. The van der Waals surface area contributed by atoms with Crippen molar-refractivity contribution in [1.29, 1.82) is 0 Å². The fraction of sp³-hybridized carbons (Fsp3) is 0.381. The van der Waals surface area contributed by atoms with E-state index in [1.165, 1.54) is 0 Å². The number of rotatable bonds is 10. The molecule has 2 rings (SSSR count). The van der Waals surface area contributed by atoms with E-state index in [-0.39, 0.29) is 24.5 Å². The molecule has 0 saturated carbocycles. The Labute approximate surface area is 154 Å². The van der Waals surface area contributed by atoms with Crippen molar-refractivity contribution in [3.05, 3.63) is 53.7 Å². The van der Waals surface area contributed by atoms with E-state index in [4.69, 9.17) is 4.74 Å². The summed E-state index contributed by atoms with van der Waals surface area (Å²) < 4.78 is 5.64. The van der Waals surface area contributed by atoms with Crippen LogP contribution in [0, 0.1) is 6.92 Å². The van der Waals surface area contributed by atoms with Gasteiger partial charge in [-0.3, -0.25) is 9.59 Å². The molecule has 0 fully saturated rings. The number of nitrogens with one attached hydrogen (secondary N) is 1. The van der Waals surface area contributed by atoms with Gasteiger partial charge in [-0.1, -0.05) is 25.8 Å².